The van der Waals surface area contributed by atoms with E-state index in [0.717, 1.165) is 53.8 Å². The molecule has 1 aliphatic rings. The standard InChI is InChI=1S/C22H30N6O3/c1-15-6-7-17-11-18(22(29)23-21(17)16(15)2)12-27(13-19-5-4-9-31-19)14-20-24-25-26-28(20)8-10-30-3/h6-7,11,19H,4-5,8-10,12-14H2,1-3H3,(H,23,29)/p+1/t19-/m0/s1. The number of fused-ring (bicyclic) bond motifs is 1. The highest BCUT2D eigenvalue weighted by atomic mass is 16.5. The summed E-state index contributed by atoms with van der Waals surface area (Å²) in [7, 11) is 1.66. The first kappa shape index (κ1) is 21.6. The van der Waals surface area contributed by atoms with Crippen molar-refractivity contribution in [3.63, 3.8) is 0 Å². The van der Waals surface area contributed by atoms with Crippen LogP contribution in [-0.4, -0.2) is 58.2 Å². The summed E-state index contributed by atoms with van der Waals surface area (Å²) in [5.74, 6) is 0.786. The van der Waals surface area contributed by atoms with Crippen molar-refractivity contribution in [2.24, 2.45) is 0 Å². The van der Waals surface area contributed by atoms with Gasteiger partial charge in [-0.05, 0) is 59.7 Å². The molecule has 31 heavy (non-hydrogen) atoms. The van der Waals surface area contributed by atoms with Crippen molar-refractivity contribution >= 4 is 10.9 Å². The third kappa shape index (κ3) is 5.00. The topological polar surface area (TPSA) is 99.4 Å². The van der Waals surface area contributed by atoms with Crippen molar-refractivity contribution in [2.45, 2.75) is 52.4 Å². The maximum absolute atomic E-state index is 12.9. The van der Waals surface area contributed by atoms with E-state index >= 15 is 0 Å². The zero-order valence-electron chi connectivity index (χ0n) is 18.5. The van der Waals surface area contributed by atoms with Gasteiger partial charge in [0.2, 0.25) is 5.82 Å². The minimum Gasteiger partial charge on any atom is -0.383 e. The van der Waals surface area contributed by atoms with E-state index in [2.05, 4.69) is 39.6 Å². The molecular weight excluding hydrogens is 396 g/mol. The number of aryl methyl sites for hydroxylation is 2. The SMILES string of the molecule is COCCn1nnnc1C[NH+](Cc1cc2ccc(C)c(C)c2[nH]c1=O)C[C@@H]1CCCO1. The number of benzene rings is 1. The van der Waals surface area contributed by atoms with Crippen LogP contribution in [0.15, 0.2) is 23.0 Å². The summed E-state index contributed by atoms with van der Waals surface area (Å²) in [6, 6.07) is 6.19. The largest absolute Gasteiger partial charge is 0.383 e. The average molecular weight is 428 g/mol. The highest BCUT2D eigenvalue weighted by molar-refractivity contribution is 5.83. The van der Waals surface area contributed by atoms with Crippen molar-refractivity contribution in [1.82, 2.24) is 25.2 Å². The van der Waals surface area contributed by atoms with E-state index in [1.807, 2.05) is 13.0 Å². The molecule has 0 radical (unpaired) electrons. The smallest absolute Gasteiger partial charge is 0.257 e. The highest BCUT2D eigenvalue weighted by Crippen LogP contribution is 2.18. The molecule has 2 aromatic heterocycles. The van der Waals surface area contributed by atoms with Gasteiger partial charge in [0.15, 0.2) is 0 Å². The number of aromatic nitrogens is 5. The minimum absolute atomic E-state index is 0.0370. The van der Waals surface area contributed by atoms with E-state index in [0.29, 0.717) is 26.2 Å². The monoisotopic (exact) mass is 427 g/mol. The number of hydrogen-bond acceptors (Lipinski definition) is 6. The molecule has 9 nitrogen and oxygen atoms in total. The molecule has 2 atom stereocenters. The first-order chi connectivity index (χ1) is 15.0. The quantitative estimate of drug-likeness (QED) is 0.517. The first-order valence-corrected chi connectivity index (χ1v) is 10.9. The molecule has 0 saturated carbocycles. The van der Waals surface area contributed by atoms with Crippen molar-refractivity contribution in [3.8, 4) is 0 Å². The fourth-order valence-electron chi connectivity index (χ4n) is 4.23. The molecule has 4 rings (SSSR count). The van der Waals surface area contributed by atoms with Crippen LogP contribution < -0.4 is 10.5 Å². The van der Waals surface area contributed by atoms with Crippen molar-refractivity contribution < 1.29 is 14.4 Å². The Balaban J connectivity index is 1.60. The zero-order chi connectivity index (χ0) is 21.8. The Labute approximate surface area is 181 Å². The maximum atomic E-state index is 12.9. The van der Waals surface area contributed by atoms with E-state index in [1.54, 1.807) is 11.8 Å². The minimum atomic E-state index is -0.0370. The molecule has 166 valence electrons. The number of hydrogen-bond donors (Lipinski definition) is 2. The van der Waals surface area contributed by atoms with E-state index in [9.17, 15) is 4.79 Å². The molecule has 1 saturated heterocycles. The van der Waals surface area contributed by atoms with Gasteiger partial charge in [0.05, 0.1) is 24.2 Å². The number of rotatable bonds is 9. The molecule has 0 aliphatic carbocycles. The van der Waals surface area contributed by atoms with Crippen LogP contribution in [0.25, 0.3) is 10.9 Å². The van der Waals surface area contributed by atoms with Crippen LogP contribution in [0, 0.1) is 13.8 Å². The number of tetrazole rings is 1. The molecule has 1 unspecified atom stereocenters. The molecule has 2 N–H and O–H groups in total. The average Bonchev–Trinajstić information content (AvgIpc) is 3.42. The van der Waals surface area contributed by atoms with Crippen molar-refractivity contribution in [2.75, 3.05) is 26.9 Å². The Morgan fingerprint density at radius 2 is 2.19 bits per heavy atom. The van der Waals surface area contributed by atoms with Crippen molar-refractivity contribution in [3.05, 3.63) is 51.1 Å². The van der Waals surface area contributed by atoms with Gasteiger partial charge in [0.25, 0.3) is 5.56 Å². The Hall–Kier alpha value is -2.62. The van der Waals surface area contributed by atoms with Gasteiger partial charge in [0.1, 0.15) is 25.7 Å². The van der Waals surface area contributed by atoms with Gasteiger partial charge < -0.3 is 19.4 Å². The Kier molecular flexibility index (Phi) is 6.74. The lowest BCUT2D eigenvalue weighted by Gasteiger charge is -2.22. The predicted octanol–water partition coefficient (Wildman–Crippen LogP) is 0.542. The number of H-pyrrole nitrogens is 1. The fourth-order valence-corrected chi connectivity index (χ4v) is 4.23. The number of nitrogens with one attached hydrogen (secondary N) is 2. The van der Waals surface area contributed by atoms with Gasteiger partial charge in [-0.2, -0.15) is 0 Å². The lowest BCUT2D eigenvalue weighted by atomic mass is 10.0. The van der Waals surface area contributed by atoms with Gasteiger partial charge in [0, 0.05) is 13.7 Å². The number of aromatic amines is 1. The summed E-state index contributed by atoms with van der Waals surface area (Å²) in [5.41, 5.74) is 3.93. The van der Waals surface area contributed by atoms with Gasteiger partial charge in [-0.25, -0.2) is 4.68 Å². The fraction of sp³-hybridized carbons (Fsp3) is 0.545. The van der Waals surface area contributed by atoms with Gasteiger partial charge >= 0.3 is 0 Å². The second kappa shape index (κ2) is 9.67. The van der Waals surface area contributed by atoms with E-state index in [-0.39, 0.29) is 11.7 Å². The molecule has 1 aromatic carbocycles. The molecule has 9 heteroatoms. The van der Waals surface area contributed by atoms with Gasteiger partial charge in [-0.15, -0.1) is 5.10 Å². The highest BCUT2D eigenvalue weighted by Gasteiger charge is 2.25. The summed E-state index contributed by atoms with van der Waals surface area (Å²) in [6.45, 7) is 8.05. The van der Waals surface area contributed by atoms with Gasteiger partial charge in [-0.1, -0.05) is 12.1 Å². The van der Waals surface area contributed by atoms with E-state index < -0.39 is 0 Å². The molecule has 0 amide bonds. The molecular formula is C22H31N6O3+. The summed E-state index contributed by atoms with van der Waals surface area (Å²) in [4.78, 5) is 17.2. The van der Waals surface area contributed by atoms with Crippen molar-refractivity contribution in [1.29, 1.82) is 0 Å². The van der Waals surface area contributed by atoms with Crippen LogP contribution >= 0.6 is 0 Å². The maximum Gasteiger partial charge on any atom is 0.257 e. The second-order valence-corrected chi connectivity index (χ2v) is 8.35. The Morgan fingerprint density at radius 3 is 2.97 bits per heavy atom. The summed E-state index contributed by atoms with van der Waals surface area (Å²) < 4.78 is 12.8. The molecule has 3 heterocycles. The third-order valence-corrected chi connectivity index (χ3v) is 6.13. The zero-order valence-corrected chi connectivity index (χ0v) is 18.5. The lowest BCUT2D eigenvalue weighted by Crippen LogP contribution is -3.10. The summed E-state index contributed by atoms with van der Waals surface area (Å²) in [5, 5.41) is 13.2. The van der Waals surface area contributed by atoms with Gasteiger partial charge in [-0.3, -0.25) is 4.79 Å². The number of pyridine rings is 1. The van der Waals surface area contributed by atoms with E-state index in [1.165, 1.54) is 10.5 Å². The molecule has 1 fully saturated rings. The Morgan fingerprint density at radius 1 is 1.32 bits per heavy atom. The molecule has 0 bridgehead atoms. The third-order valence-electron chi connectivity index (χ3n) is 6.13. The van der Waals surface area contributed by atoms with Crippen LogP contribution in [0.1, 0.15) is 35.4 Å². The predicted molar refractivity (Wildman–Crippen MR) is 116 cm³/mol. The van der Waals surface area contributed by atoms with Crippen LogP contribution in [-0.2, 0) is 29.1 Å². The number of nitrogens with zero attached hydrogens (tertiary/aromatic N) is 4. The lowest BCUT2D eigenvalue weighted by molar-refractivity contribution is -0.931. The molecule has 3 aromatic rings. The Bertz CT molecular complexity index is 1090. The first-order valence-electron chi connectivity index (χ1n) is 10.9. The summed E-state index contributed by atoms with van der Waals surface area (Å²) in [6.07, 6.45) is 2.33. The van der Waals surface area contributed by atoms with Crippen LogP contribution in [0.3, 0.4) is 0 Å². The van der Waals surface area contributed by atoms with E-state index in [4.69, 9.17) is 9.47 Å². The summed E-state index contributed by atoms with van der Waals surface area (Å²) >= 11 is 0. The number of quaternary nitrogens is 1. The normalized spacial score (nSPS) is 17.5. The number of methoxy groups -OCH3 is 1. The molecule has 0 spiro atoms. The molecule has 1 aliphatic heterocycles. The van der Waals surface area contributed by atoms with Crippen LogP contribution in [0.5, 0.6) is 0 Å². The number of ether oxygens (including phenoxy) is 2. The second-order valence-electron chi connectivity index (χ2n) is 8.35. The van der Waals surface area contributed by atoms with Crippen LogP contribution in [0.2, 0.25) is 0 Å². The van der Waals surface area contributed by atoms with Crippen LogP contribution in [0.4, 0.5) is 0 Å².